The summed E-state index contributed by atoms with van der Waals surface area (Å²) in [5, 5.41) is 19.7. The normalized spacial score (nSPS) is 20.0. The fraction of sp³-hybridized carbons (Fsp3) is 0.200. The molecule has 2 aromatic rings. The molecule has 1 aliphatic heterocycles. The van der Waals surface area contributed by atoms with E-state index in [9.17, 15) is 19.5 Å². The van der Waals surface area contributed by atoms with Gasteiger partial charge in [0.05, 0.1) is 0 Å². The maximum absolute atomic E-state index is 13.1. The van der Waals surface area contributed by atoms with Gasteiger partial charge in [0.2, 0.25) is 0 Å². The predicted molar refractivity (Wildman–Crippen MR) is 102 cm³/mol. The summed E-state index contributed by atoms with van der Waals surface area (Å²) < 4.78 is 0. The molecule has 144 valence electrons. The van der Waals surface area contributed by atoms with Crippen LogP contribution in [0.1, 0.15) is 23.6 Å². The first-order chi connectivity index (χ1) is 13.2. The number of carboxylic acids is 1. The summed E-state index contributed by atoms with van der Waals surface area (Å²) in [5.74, 6) is -2.02. The molecule has 2 atom stereocenters. The highest BCUT2D eigenvalue weighted by Crippen LogP contribution is 2.31. The number of rotatable bonds is 6. The summed E-state index contributed by atoms with van der Waals surface area (Å²) in [7, 11) is 0. The first kappa shape index (κ1) is 19.1. The van der Waals surface area contributed by atoms with Gasteiger partial charge < -0.3 is 16.2 Å². The molecule has 3 rings (SSSR count). The largest absolute Gasteiger partial charge is 0.480 e. The molecule has 0 bridgehead atoms. The number of aliphatic carboxylic acids is 1. The Morgan fingerprint density at radius 1 is 1.18 bits per heavy atom. The van der Waals surface area contributed by atoms with Crippen molar-refractivity contribution >= 4 is 23.7 Å². The first-order valence-electron chi connectivity index (χ1n) is 8.61. The highest BCUT2D eigenvalue weighted by Gasteiger charge is 2.52. The lowest BCUT2D eigenvalue weighted by Crippen LogP contribution is -2.48. The Bertz CT molecular complexity index is 942. The number of amidine groups is 1. The molecule has 2 aromatic carbocycles. The van der Waals surface area contributed by atoms with Gasteiger partial charge in [0.15, 0.2) is 0 Å². The molecular formula is C20H20N4O4. The van der Waals surface area contributed by atoms with Crippen LogP contribution in [0.3, 0.4) is 0 Å². The number of amides is 3. The topological polar surface area (TPSA) is 137 Å². The Morgan fingerprint density at radius 2 is 1.79 bits per heavy atom. The van der Waals surface area contributed by atoms with Gasteiger partial charge in [-0.1, -0.05) is 54.6 Å². The second-order valence-corrected chi connectivity index (χ2v) is 6.77. The van der Waals surface area contributed by atoms with E-state index < -0.39 is 29.5 Å². The first-order valence-corrected chi connectivity index (χ1v) is 8.61. The van der Waals surface area contributed by atoms with E-state index in [4.69, 9.17) is 11.1 Å². The van der Waals surface area contributed by atoms with Gasteiger partial charge in [0, 0.05) is 12.0 Å². The minimum Gasteiger partial charge on any atom is -0.480 e. The fourth-order valence-electron chi connectivity index (χ4n) is 3.25. The van der Waals surface area contributed by atoms with E-state index in [0.29, 0.717) is 16.7 Å². The number of benzene rings is 2. The molecular weight excluding hydrogens is 360 g/mol. The fourth-order valence-corrected chi connectivity index (χ4v) is 3.25. The lowest BCUT2D eigenvalue weighted by Gasteiger charge is -2.25. The van der Waals surface area contributed by atoms with Crippen molar-refractivity contribution in [1.82, 2.24) is 10.2 Å². The van der Waals surface area contributed by atoms with Crippen LogP contribution in [-0.4, -0.2) is 39.8 Å². The summed E-state index contributed by atoms with van der Waals surface area (Å²) in [6.45, 7) is 1.53. The van der Waals surface area contributed by atoms with Crippen molar-refractivity contribution in [3.05, 3.63) is 71.3 Å². The number of imide groups is 1. The van der Waals surface area contributed by atoms with Crippen molar-refractivity contribution in [2.24, 2.45) is 5.73 Å². The number of hydrogen-bond acceptors (Lipinski definition) is 4. The van der Waals surface area contributed by atoms with Crippen molar-refractivity contribution in [1.29, 1.82) is 5.41 Å². The zero-order chi connectivity index (χ0) is 20.5. The highest BCUT2D eigenvalue weighted by atomic mass is 16.4. The number of nitrogens with zero attached hydrogens (tertiary/aromatic N) is 1. The molecule has 3 amide bonds. The van der Waals surface area contributed by atoms with E-state index in [1.165, 1.54) is 6.92 Å². The summed E-state index contributed by atoms with van der Waals surface area (Å²) in [5.41, 5.74) is 5.69. The molecule has 8 nitrogen and oxygen atoms in total. The maximum atomic E-state index is 13.1. The van der Waals surface area contributed by atoms with Crippen LogP contribution < -0.4 is 11.1 Å². The molecule has 0 spiro atoms. The Balaban J connectivity index is 1.92. The zero-order valence-electron chi connectivity index (χ0n) is 15.2. The Kier molecular flexibility index (Phi) is 4.87. The van der Waals surface area contributed by atoms with Crippen LogP contribution in [0.4, 0.5) is 4.79 Å². The zero-order valence-corrected chi connectivity index (χ0v) is 15.2. The van der Waals surface area contributed by atoms with E-state index in [0.717, 1.165) is 4.90 Å². The van der Waals surface area contributed by atoms with Crippen LogP contribution >= 0.6 is 0 Å². The maximum Gasteiger partial charge on any atom is 0.327 e. The summed E-state index contributed by atoms with van der Waals surface area (Å²) >= 11 is 0. The van der Waals surface area contributed by atoms with Crippen molar-refractivity contribution in [3.8, 4) is 0 Å². The summed E-state index contributed by atoms with van der Waals surface area (Å²) in [6.07, 6.45) is 0.00862. The number of nitrogen functional groups attached to an aromatic ring is 1. The molecule has 1 saturated heterocycles. The van der Waals surface area contributed by atoms with E-state index in [1.807, 2.05) is 0 Å². The molecule has 1 unspecified atom stereocenters. The average molecular weight is 380 g/mol. The molecule has 1 fully saturated rings. The van der Waals surface area contributed by atoms with Crippen molar-refractivity contribution in [2.75, 3.05) is 0 Å². The van der Waals surface area contributed by atoms with Crippen LogP contribution in [0.15, 0.2) is 54.6 Å². The third-order valence-corrected chi connectivity index (χ3v) is 4.86. The van der Waals surface area contributed by atoms with Crippen LogP contribution in [0.5, 0.6) is 0 Å². The predicted octanol–water partition coefficient (Wildman–Crippen LogP) is 1.43. The molecule has 5 N–H and O–H groups in total. The number of carbonyl (C=O) groups is 3. The second-order valence-electron chi connectivity index (χ2n) is 6.77. The van der Waals surface area contributed by atoms with E-state index in [2.05, 4.69) is 5.32 Å². The Labute approximate surface area is 161 Å². The molecule has 0 radical (unpaired) electrons. The summed E-state index contributed by atoms with van der Waals surface area (Å²) in [6, 6.07) is 13.1. The van der Waals surface area contributed by atoms with Gasteiger partial charge in [-0.25, -0.2) is 14.5 Å². The molecule has 0 aliphatic carbocycles. The molecule has 1 heterocycles. The van der Waals surface area contributed by atoms with Crippen LogP contribution in [0.25, 0.3) is 0 Å². The van der Waals surface area contributed by atoms with Gasteiger partial charge in [-0.2, -0.15) is 0 Å². The molecule has 28 heavy (non-hydrogen) atoms. The van der Waals surface area contributed by atoms with Gasteiger partial charge in [-0.05, 0) is 18.1 Å². The minimum atomic E-state index is -1.41. The van der Waals surface area contributed by atoms with Crippen LogP contribution in [0, 0.1) is 5.41 Å². The second kappa shape index (κ2) is 7.15. The van der Waals surface area contributed by atoms with E-state index >= 15 is 0 Å². The molecule has 8 heteroatoms. The van der Waals surface area contributed by atoms with Crippen LogP contribution in [0.2, 0.25) is 0 Å². The third-order valence-electron chi connectivity index (χ3n) is 4.86. The standard InChI is InChI=1S/C20H20N4O4/c1-20(14-9-7-13(8-10-14)16(21)22)18(27)24(19(28)23-20)15(17(25)26)11-12-5-3-2-4-6-12/h2-10,15H,11H2,1H3,(H3,21,22)(H,23,28)(H,25,26)/t15-,20?/m1/s1. The van der Waals surface area contributed by atoms with Crippen LogP contribution in [-0.2, 0) is 21.5 Å². The average Bonchev–Trinajstić information content (AvgIpc) is 2.90. The van der Waals surface area contributed by atoms with Crippen molar-refractivity contribution in [2.45, 2.75) is 24.9 Å². The number of carboxylic acid groups (broad SMARTS) is 1. The quantitative estimate of drug-likeness (QED) is 0.341. The lowest BCUT2D eigenvalue weighted by molar-refractivity contribution is -0.147. The van der Waals surface area contributed by atoms with Gasteiger partial charge in [0.1, 0.15) is 17.4 Å². The number of urea groups is 1. The molecule has 0 aromatic heterocycles. The molecule has 0 saturated carbocycles. The Morgan fingerprint density at radius 3 is 2.32 bits per heavy atom. The third kappa shape index (κ3) is 3.32. The van der Waals surface area contributed by atoms with Crippen molar-refractivity contribution < 1.29 is 19.5 Å². The molecule has 1 aliphatic rings. The minimum absolute atomic E-state index is 0.00862. The van der Waals surface area contributed by atoms with Gasteiger partial charge >= 0.3 is 12.0 Å². The number of nitrogens with one attached hydrogen (secondary N) is 2. The van der Waals surface area contributed by atoms with E-state index in [1.54, 1.807) is 54.6 Å². The number of hydrogen-bond donors (Lipinski definition) is 4. The lowest BCUT2D eigenvalue weighted by atomic mass is 9.90. The van der Waals surface area contributed by atoms with Gasteiger partial charge in [0.25, 0.3) is 5.91 Å². The summed E-state index contributed by atoms with van der Waals surface area (Å²) in [4.78, 5) is 38.3. The SMILES string of the molecule is CC1(c2ccc(C(=N)N)cc2)NC(=O)N([C@H](Cc2ccccc2)C(=O)O)C1=O. The monoisotopic (exact) mass is 380 g/mol. The number of carbonyl (C=O) groups excluding carboxylic acids is 2. The smallest absolute Gasteiger partial charge is 0.327 e. The Hall–Kier alpha value is -3.68. The van der Waals surface area contributed by atoms with Gasteiger partial charge in [-0.3, -0.25) is 10.2 Å². The van der Waals surface area contributed by atoms with E-state index in [-0.39, 0.29) is 12.3 Å². The van der Waals surface area contributed by atoms with Gasteiger partial charge in [-0.15, -0.1) is 0 Å². The number of nitrogens with two attached hydrogens (primary N) is 1. The van der Waals surface area contributed by atoms with Crippen molar-refractivity contribution in [3.63, 3.8) is 0 Å². The highest BCUT2D eigenvalue weighted by molar-refractivity contribution is 6.09.